The van der Waals surface area contributed by atoms with Crippen molar-refractivity contribution in [2.24, 2.45) is 0 Å². The van der Waals surface area contributed by atoms with Gasteiger partial charge in [0.25, 0.3) is 0 Å². The van der Waals surface area contributed by atoms with Crippen LogP contribution in [0.3, 0.4) is 0 Å². The maximum absolute atomic E-state index is 4.46. The molecule has 4 nitrogen and oxygen atoms in total. The van der Waals surface area contributed by atoms with Crippen molar-refractivity contribution in [2.75, 3.05) is 0 Å². The van der Waals surface area contributed by atoms with Gasteiger partial charge in [-0.1, -0.05) is 6.92 Å². The van der Waals surface area contributed by atoms with Gasteiger partial charge in [-0.15, -0.1) is 0 Å². The Kier molecular flexibility index (Phi) is 2.26. The summed E-state index contributed by atoms with van der Waals surface area (Å²) >= 11 is 0. The molecule has 0 aliphatic heterocycles. The summed E-state index contributed by atoms with van der Waals surface area (Å²) in [6, 6.07) is 0. The monoisotopic (exact) mass is 188 g/mol. The third kappa shape index (κ3) is 1.51. The lowest BCUT2D eigenvalue weighted by atomic mass is 10.3. The van der Waals surface area contributed by atoms with E-state index in [-0.39, 0.29) is 0 Å². The summed E-state index contributed by atoms with van der Waals surface area (Å²) in [4.78, 5) is 12.7. The topological polar surface area (TPSA) is 43.6 Å². The number of hydrogen-bond donors (Lipinski definition) is 0. The number of rotatable bonds is 2. The molecule has 0 atom stereocenters. The highest BCUT2D eigenvalue weighted by Crippen LogP contribution is 2.06. The Morgan fingerprint density at radius 3 is 2.86 bits per heavy atom. The average Bonchev–Trinajstić information content (AvgIpc) is 2.65. The van der Waals surface area contributed by atoms with Crippen molar-refractivity contribution < 1.29 is 0 Å². The van der Waals surface area contributed by atoms with E-state index < -0.39 is 0 Å². The van der Waals surface area contributed by atoms with Crippen LogP contribution in [-0.2, 0) is 6.42 Å². The van der Waals surface area contributed by atoms with Crippen LogP contribution >= 0.6 is 0 Å². The molecule has 2 aromatic heterocycles. The Hall–Kier alpha value is -1.71. The van der Waals surface area contributed by atoms with Crippen molar-refractivity contribution in [3.63, 3.8) is 0 Å². The third-order valence-corrected chi connectivity index (χ3v) is 2.11. The van der Waals surface area contributed by atoms with Crippen molar-refractivity contribution in [1.82, 2.24) is 19.5 Å². The molecular formula is C10H12N4. The fraction of sp³-hybridized carbons (Fsp3) is 0.300. The van der Waals surface area contributed by atoms with E-state index >= 15 is 0 Å². The van der Waals surface area contributed by atoms with Crippen molar-refractivity contribution in [1.29, 1.82) is 0 Å². The number of aromatic nitrogens is 4. The van der Waals surface area contributed by atoms with Gasteiger partial charge in [0.2, 0.25) is 0 Å². The zero-order valence-corrected chi connectivity index (χ0v) is 8.31. The molecule has 2 heterocycles. The highest BCUT2D eigenvalue weighted by molar-refractivity contribution is 5.22. The first-order valence-corrected chi connectivity index (χ1v) is 4.62. The molecule has 0 fully saturated rings. The van der Waals surface area contributed by atoms with E-state index in [9.17, 15) is 0 Å². The highest BCUT2D eigenvalue weighted by Gasteiger charge is 2.02. The molecule has 0 radical (unpaired) electrons. The van der Waals surface area contributed by atoms with E-state index in [1.54, 1.807) is 18.6 Å². The van der Waals surface area contributed by atoms with Crippen LogP contribution in [-0.4, -0.2) is 19.5 Å². The summed E-state index contributed by atoms with van der Waals surface area (Å²) in [5, 5.41) is 0. The molecular weight excluding hydrogens is 176 g/mol. The van der Waals surface area contributed by atoms with Crippen LogP contribution in [0.2, 0.25) is 0 Å². The van der Waals surface area contributed by atoms with E-state index in [2.05, 4.69) is 21.9 Å². The molecule has 72 valence electrons. The maximum atomic E-state index is 4.46. The van der Waals surface area contributed by atoms with Crippen molar-refractivity contribution in [2.45, 2.75) is 20.3 Å². The molecule has 4 heteroatoms. The Morgan fingerprint density at radius 1 is 1.36 bits per heavy atom. The number of hydrogen-bond acceptors (Lipinski definition) is 3. The van der Waals surface area contributed by atoms with Crippen molar-refractivity contribution >= 4 is 0 Å². The first kappa shape index (κ1) is 8.87. The van der Waals surface area contributed by atoms with Crippen LogP contribution in [0.25, 0.3) is 5.82 Å². The molecule has 0 spiro atoms. The van der Waals surface area contributed by atoms with E-state index in [1.807, 2.05) is 17.7 Å². The Balaban J connectivity index is 2.47. The molecule has 0 amide bonds. The Bertz CT molecular complexity index is 433. The lowest BCUT2D eigenvalue weighted by molar-refractivity contribution is 0.885. The summed E-state index contributed by atoms with van der Waals surface area (Å²) < 4.78 is 1.92. The van der Waals surface area contributed by atoms with Crippen molar-refractivity contribution in [3.8, 4) is 5.82 Å². The second-order valence-corrected chi connectivity index (χ2v) is 3.07. The summed E-state index contributed by atoms with van der Waals surface area (Å²) in [5.74, 6) is 1.76. The van der Waals surface area contributed by atoms with Crippen LogP contribution in [0.15, 0.2) is 24.8 Å². The molecule has 0 saturated heterocycles. The van der Waals surface area contributed by atoms with Gasteiger partial charge in [0.05, 0.1) is 11.9 Å². The van der Waals surface area contributed by atoms with Gasteiger partial charge in [-0.2, -0.15) is 0 Å². The maximum Gasteiger partial charge on any atom is 0.156 e. The van der Waals surface area contributed by atoms with E-state index in [4.69, 9.17) is 0 Å². The minimum atomic E-state index is 0.833. The molecule has 2 rings (SSSR count). The molecule has 0 unspecified atom stereocenters. The number of imidazole rings is 1. The molecule has 2 aromatic rings. The summed E-state index contributed by atoms with van der Waals surface area (Å²) in [5.41, 5.74) is 0.996. The SMILES string of the molecule is CCc1cncc(-n2ccnc2C)n1. The molecule has 0 aliphatic carbocycles. The third-order valence-electron chi connectivity index (χ3n) is 2.11. The minimum absolute atomic E-state index is 0.833. The van der Waals surface area contributed by atoms with E-state index in [0.29, 0.717) is 0 Å². The smallest absolute Gasteiger partial charge is 0.156 e. The number of nitrogens with zero attached hydrogens (tertiary/aromatic N) is 4. The van der Waals surface area contributed by atoms with Crippen LogP contribution in [0.4, 0.5) is 0 Å². The first-order valence-electron chi connectivity index (χ1n) is 4.62. The van der Waals surface area contributed by atoms with Crippen LogP contribution in [0.5, 0.6) is 0 Å². The minimum Gasteiger partial charge on any atom is -0.287 e. The largest absolute Gasteiger partial charge is 0.287 e. The molecule has 0 saturated carbocycles. The lowest BCUT2D eigenvalue weighted by Gasteiger charge is -2.04. The van der Waals surface area contributed by atoms with Gasteiger partial charge in [0.1, 0.15) is 5.82 Å². The Morgan fingerprint density at radius 2 is 2.21 bits per heavy atom. The van der Waals surface area contributed by atoms with Gasteiger partial charge in [-0.05, 0) is 13.3 Å². The van der Waals surface area contributed by atoms with Gasteiger partial charge in [-0.3, -0.25) is 9.55 Å². The predicted molar refractivity (Wildman–Crippen MR) is 53.3 cm³/mol. The highest BCUT2D eigenvalue weighted by atomic mass is 15.1. The van der Waals surface area contributed by atoms with Crippen LogP contribution in [0, 0.1) is 6.92 Å². The van der Waals surface area contributed by atoms with E-state index in [0.717, 1.165) is 23.8 Å². The van der Waals surface area contributed by atoms with Gasteiger partial charge in [-0.25, -0.2) is 9.97 Å². The second-order valence-electron chi connectivity index (χ2n) is 3.07. The zero-order valence-electron chi connectivity index (χ0n) is 8.31. The molecule has 0 N–H and O–H groups in total. The van der Waals surface area contributed by atoms with Gasteiger partial charge in [0, 0.05) is 18.6 Å². The van der Waals surface area contributed by atoms with Gasteiger partial charge >= 0.3 is 0 Å². The second kappa shape index (κ2) is 3.57. The average molecular weight is 188 g/mol. The van der Waals surface area contributed by atoms with Crippen LogP contribution in [0.1, 0.15) is 18.4 Å². The van der Waals surface area contributed by atoms with Gasteiger partial charge < -0.3 is 0 Å². The normalized spacial score (nSPS) is 10.4. The van der Waals surface area contributed by atoms with Crippen LogP contribution < -0.4 is 0 Å². The molecule has 14 heavy (non-hydrogen) atoms. The molecule has 0 aromatic carbocycles. The molecule has 0 aliphatic rings. The quantitative estimate of drug-likeness (QED) is 0.717. The zero-order chi connectivity index (χ0) is 9.97. The fourth-order valence-corrected chi connectivity index (χ4v) is 1.30. The van der Waals surface area contributed by atoms with Gasteiger partial charge in [0.15, 0.2) is 5.82 Å². The van der Waals surface area contributed by atoms with E-state index in [1.165, 1.54) is 0 Å². The number of aryl methyl sites for hydroxylation is 2. The standard InChI is InChI=1S/C10H12N4/c1-3-9-6-11-7-10(13-9)14-5-4-12-8(14)2/h4-7H,3H2,1-2H3. The van der Waals surface area contributed by atoms with Crippen molar-refractivity contribution in [3.05, 3.63) is 36.3 Å². The fourth-order valence-electron chi connectivity index (χ4n) is 1.30. The summed E-state index contributed by atoms with van der Waals surface area (Å²) in [6.45, 7) is 4.01. The predicted octanol–water partition coefficient (Wildman–Crippen LogP) is 1.53. The lowest BCUT2D eigenvalue weighted by Crippen LogP contribution is -2.01. The molecule has 0 bridgehead atoms. The first-order chi connectivity index (χ1) is 6.81. The Labute approximate surface area is 82.7 Å². The summed E-state index contributed by atoms with van der Waals surface area (Å²) in [7, 11) is 0. The summed E-state index contributed by atoms with van der Waals surface area (Å²) in [6.07, 6.45) is 8.08.